The van der Waals surface area contributed by atoms with Crippen molar-refractivity contribution in [1.29, 1.82) is 0 Å². The van der Waals surface area contributed by atoms with Crippen LogP contribution in [0, 0.1) is 11.8 Å². The minimum absolute atomic E-state index is 0.200. The molecule has 1 aromatic carbocycles. The van der Waals surface area contributed by atoms with Gasteiger partial charge in [-0.2, -0.15) is 0 Å². The zero-order valence-corrected chi connectivity index (χ0v) is 13.5. The van der Waals surface area contributed by atoms with Crippen molar-refractivity contribution in [3.63, 3.8) is 0 Å². The van der Waals surface area contributed by atoms with Crippen LogP contribution in [-0.4, -0.2) is 8.07 Å². The van der Waals surface area contributed by atoms with Crippen molar-refractivity contribution in [3.05, 3.63) is 72.3 Å². The number of nitrogens with one attached hydrogen (secondary N) is 1. The zero-order valence-electron chi connectivity index (χ0n) is 19.5. The first-order valence-corrected chi connectivity index (χ1v) is 10.6. The van der Waals surface area contributed by atoms with E-state index < -0.39 is 26.0 Å². The third-order valence-electron chi connectivity index (χ3n) is 3.62. The lowest BCUT2D eigenvalue weighted by molar-refractivity contribution is 0.627. The molecule has 2 heteroatoms. The maximum atomic E-state index is 8.32. The zero-order chi connectivity index (χ0) is 21.0. The normalized spacial score (nSPS) is 31.7. The van der Waals surface area contributed by atoms with E-state index in [-0.39, 0.29) is 42.0 Å². The van der Waals surface area contributed by atoms with Gasteiger partial charge in [0.1, 0.15) is 0 Å². The summed E-state index contributed by atoms with van der Waals surface area (Å²) in [5.41, 5.74) is 0.923. The van der Waals surface area contributed by atoms with Crippen molar-refractivity contribution in [2.45, 2.75) is 19.6 Å². The molecule has 2 unspecified atom stereocenters. The van der Waals surface area contributed by atoms with Gasteiger partial charge in [0.2, 0.25) is 0 Å². The third-order valence-corrected chi connectivity index (χ3v) is 5.68. The second-order valence-corrected chi connectivity index (χ2v) is 11.3. The highest BCUT2D eigenvalue weighted by atomic mass is 28.3. The Morgan fingerprint density at radius 3 is 2.33 bits per heavy atom. The second-order valence-electron chi connectivity index (χ2n) is 6.25. The van der Waals surface area contributed by atoms with Gasteiger partial charge in [0.25, 0.3) is 0 Å². The van der Waals surface area contributed by atoms with E-state index in [0.29, 0.717) is 5.69 Å². The molecule has 3 rings (SSSR count). The number of rotatable bonds is 3. The maximum Gasteiger partial charge on any atom is 0.0775 e. The maximum absolute atomic E-state index is 8.32. The molecule has 1 aromatic rings. The highest BCUT2D eigenvalue weighted by Gasteiger charge is 2.22. The van der Waals surface area contributed by atoms with Crippen LogP contribution in [0.15, 0.2) is 72.3 Å². The molecule has 0 aliphatic heterocycles. The summed E-state index contributed by atoms with van der Waals surface area (Å²) in [4.78, 5) is 0. The molecule has 0 amide bonds. The largest absolute Gasteiger partial charge is 0.358 e. The third kappa shape index (κ3) is 3.11. The summed E-state index contributed by atoms with van der Waals surface area (Å²) in [6.07, 6.45) is 0. The second kappa shape index (κ2) is 5.53. The van der Waals surface area contributed by atoms with Crippen molar-refractivity contribution in [2.75, 3.05) is 5.32 Å². The van der Waals surface area contributed by atoms with E-state index in [1.165, 1.54) is 5.19 Å². The Morgan fingerprint density at radius 2 is 1.62 bits per heavy atom. The summed E-state index contributed by atoms with van der Waals surface area (Å²) in [6, 6.07) is 5.84. The topological polar surface area (TPSA) is 12.0 Å². The number of anilines is 1. The van der Waals surface area contributed by atoms with Gasteiger partial charge in [-0.25, -0.2) is 0 Å². The van der Waals surface area contributed by atoms with Crippen LogP contribution < -0.4 is 10.5 Å². The Bertz CT molecular complexity index is 951. The quantitative estimate of drug-likeness (QED) is 0.813. The Kier molecular flexibility index (Phi) is 2.11. The van der Waals surface area contributed by atoms with Crippen LogP contribution in [-0.2, 0) is 0 Å². The fraction of sp³-hybridized carbons (Fsp3) is 0.263. The Morgan fingerprint density at radius 1 is 0.952 bits per heavy atom. The highest BCUT2D eigenvalue weighted by Crippen LogP contribution is 2.31. The Hall–Kier alpha value is -1.80. The number of fused-ring (bicyclic) bond motifs is 1. The van der Waals surface area contributed by atoms with Crippen molar-refractivity contribution in [2.24, 2.45) is 11.8 Å². The fourth-order valence-electron chi connectivity index (χ4n) is 2.33. The SMILES string of the molecule is [2H]C1=C([2H])C2C([2H])=C([2H])C([2H])=C(Nc3ccc([Si](C)(C)C)cc3)C2C([2H])=C1[2H]. The van der Waals surface area contributed by atoms with Gasteiger partial charge in [-0.3, -0.25) is 0 Å². The minimum Gasteiger partial charge on any atom is -0.358 e. The van der Waals surface area contributed by atoms with Crippen LogP contribution in [0.3, 0.4) is 0 Å². The molecule has 0 radical (unpaired) electrons. The minimum atomic E-state index is -1.46. The van der Waals surface area contributed by atoms with Gasteiger partial charge in [-0.05, 0) is 18.2 Å². The van der Waals surface area contributed by atoms with Crippen molar-refractivity contribution in [1.82, 2.24) is 0 Å². The van der Waals surface area contributed by atoms with E-state index in [1.807, 2.05) is 24.3 Å². The number of allylic oxidation sites excluding steroid dienone is 7. The molecule has 0 bridgehead atoms. The van der Waals surface area contributed by atoms with E-state index in [2.05, 4.69) is 25.0 Å². The van der Waals surface area contributed by atoms with Crippen LogP contribution in [0.25, 0.3) is 0 Å². The average Bonchev–Trinajstić information content (AvgIpc) is 2.64. The molecule has 2 atom stereocenters. The molecule has 108 valence electrons. The Balaban J connectivity index is 2.07. The molecule has 0 saturated carbocycles. The number of benzene rings is 1. The fourth-order valence-corrected chi connectivity index (χ4v) is 3.50. The summed E-state index contributed by atoms with van der Waals surface area (Å²) < 4.78 is 57.0. The number of hydrogen-bond acceptors (Lipinski definition) is 1. The lowest BCUT2D eigenvalue weighted by Crippen LogP contribution is -2.37. The summed E-state index contributed by atoms with van der Waals surface area (Å²) in [5, 5.41) is 4.39. The van der Waals surface area contributed by atoms with Crippen LogP contribution in [0.5, 0.6) is 0 Å². The molecular weight excluding hydrogens is 270 g/mol. The summed E-state index contributed by atoms with van der Waals surface area (Å²) in [7, 11) is -1.46. The molecule has 0 fully saturated rings. The molecule has 21 heavy (non-hydrogen) atoms. The van der Waals surface area contributed by atoms with Crippen LogP contribution in [0.2, 0.25) is 19.6 Å². The van der Waals surface area contributed by atoms with Gasteiger partial charge in [0.05, 0.1) is 17.7 Å². The van der Waals surface area contributed by atoms with E-state index in [4.69, 9.17) is 9.60 Å². The molecule has 0 saturated heterocycles. The highest BCUT2D eigenvalue weighted by molar-refractivity contribution is 6.88. The lowest BCUT2D eigenvalue weighted by atomic mass is 9.82. The van der Waals surface area contributed by atoms with Gasteiger partial charge < -0.3 is 5.32 Å². The number of hydrogen-bond donors (Lipinski definition) is 1. The standard InChI is InChI=1S/C19H23NSi/c1-21(2,3)17-13-11-16(12-14-17)20-19-10-6-8-15-7-4-5-9-18(15)19/h4-15,18,20H,1-3H3/i4D,5D,6D,7D,8D,9D,10D. The van der Waals surface area contributed by atoms with Gasteiger partial charge in [-0.1, -0.05) is 73.3 Å². The molecule has 2 aliphatic rings. The van der Waals surface area contributed by atoms with Crippen LogP contribution >= 0.6 is 0 Å². The monoisotopic (exact) mass is 300 g/mol. The van der Waals surface area contributed by atoms with Crippen LogP contribution in [0.1, 0.15) is 9.60 Å². The van der Waals surface area contributed by atoms with E-state index >= 15 is 0 Å². The van der Waals surface area contributed by atoms with E-state index in [1.54, 1.807) is 0 Å². The van der Waals surface area contributed by atoms with E-state index in [0.717, 1.165) is 0 Å². The summed E-state index contributed by atoms with van der Waals surface area (Å²) in [6.45, 7) is 6.73. The Labute approximate surface area is 138 Å². The molecule has 0 spiro atoms. The average molecular weight is 301 g/mol. The first kappa shape index (κ1) is 8.00. The van der Waals surface area contributed by atoms with Gasteiger partial charge in [0, 0.05) is 23.2 Å². The molecule has 2 aliphatic carbocycles. The lowest BCUT2D eigenvalue weighted by Gasteiger charge is -2.28. The first-order chi connectivity index (χ1) is 12.9. The van der Waals surface area contributed by atoms with Gasteiger partial charge in [0.15, 0.2) is 0 Å². The predicted octanol–water partition coefficient (Wildman–Crippen LogP) is 4.46. The molecule has 0 heterocycles. The van der Waals surface area contributed by atoms with Crippen molar-refractivity contribution >= 4 is 18.9 Å². The van der Waals surface area contributed by atoms with Crippen LogP contribution in [0.4, 0.5) is 5.69 Å². The summed E-state index contributed by atoms with van der Waals surface area (Å²) >= 11 is 0. The summed E-state index contributed by atoms with van der Waals surface area (Å²) in [5.74, 6) is -1.89. The molecular formula is C19H23NSi. The van der Waals surface area contributed by atoms with Crippen molar-refractivity contribution in [3.8, 4) is 0 Å². The molecule has 1 N–H and O–H groups in total. The van der Waals surface area contributed by atoms with Gasteiger partial charge in [-0.15, -0.1) is 0 Å². The molecule has 1 nitrogen and oxygen atoms in total. The van der Waals surface area contributed by atoms with Crippen molar-refractivity contribution < 1.29 is 9.60 Å². The smallest absolute Gasteiger partial charge is 0.0775 e. The predicted molar refractivity (Wildman–Crippen MR) is 95.5 cm³/mol. The molecule has 0 aromatic heterocycles. The van der Waals surface area contributed by atoms with E-state index in [9.17, 15) is 0 Å². The van der Waals surface area contributed by atoms with Gasteiger partial charge >= 0.3 is 0 Å². The first-order valence-electron chi connectivity index (χ1n) is 10.6.